The Morgan fingerprint density at radius 3 is 2.56 bits per heavy atom. The molecule has 0 radical (unpaired) electrons. The van der Waals surface area contributed by atoms with Gasteiger partial charge in [0.25, 0.3) is 0 Å². The Labute approximate surface area is 109 Å². The maximum absolute atomic E-state index is 11.4. The zero-order valence-electron chi connectivity index (χ0n) is 11.0. The van der Waals surface area contributed by atoms with Gasteiger partial charge in [-0.15, -0.1) is 0 Å². The van der Waals surface area contributed by atoms with E-state index >= 15 is 0 Å². The predicted molar refractivity (Wildman–Crippen MR) is 70.7 cm³/mol. The van der Waals surface area contributed by atoms with Crippen LogP contribution in [0.4, 0.5) is 0 Å². The molecule has 0 unspecified atom stereocenters. The quantitative estimate of drug-likeness (QED) is 0.242. The SMILES string of the molecule is CCS(=O)(=O)CCN(CCOC)CC/C(N)=N/O. The van der Waals surface area contributed by atoms with Crippen LogP contribution in [-0.4, -0.2) is 69.2 Å². The summed E-state index contributed by atoms with van der Waals surface area (Å²) in [6, 6.07) is 0. The monoisotopic (exact) mass is 281 g/mol. The van der Waals surface area contributed by atoms with Crippen LogP contribution in [0, 0.1) is 0 Å². The second-order valence-corrected chi connectivity index (χ2v) is 6.38. The second kappa shape index (κ2) is 9.12. The molecule has 108 valence electrons. The molecule has 0 aromatic carbocycles. The molecule has 0 aromatic rings. The van der Waals surface area contributed by atoms with Crippen molar-refractivity contribution in [3.8, 4) is 0 Å². The first-order chi connectivity index (χ1) is 8.45. The fourth-order valence-corrected chi connectivity index (χ4v) is 2.12. The third-order valence-electron chi connectivity index (χ3n) is 2.58. The van der Waals surface area contributed by atoms with Gasteiger partial charge in [0.15, 0.2) is 9.84 Å². The molecule has 7 nitrogen and oxygen atoms in total. The summed E-state index contributed by atoms with van der Waals surface area (Å²) in [6.45, 7) is 3.73. The van der Waals surface area contributed by atoms with E-state index in [1.807, 2.05) is 4.90 Å². The van der Waals surface area contributed by atoms with Crippen LogP contribution in [0.25, 0.3) is 0 Å². The van der Waals surface area contributed by atoms with Crippen molar-refractivity contribution in [2.45, 2.75) is 13.3 Å². The third-order valence-corrected chi connectivity index (χ3v) is 4.27. The molecule has 18 heavy (non-hydrogen) atoms. The van der Waals surface area contributed by atoms with Crippen LogP contribution in [0.15, 0.2) is 5.16 Å². The molecule has 0 fully saturated rings. The van der Waals surface area contributed by atoms with E-state index in [1.165, 1.54) is 0 Å². The van der Waals surface area contributed by atoms with E-state index in [2.05, 4.69) is 5.16 Å². The molecule has 0 saturated heterocycles. The number of rotatable bonds is 10. The first-order valence-electron chi connectivity index (χ1n) is 5.83. The van der Waals surface area contributed by atoms with Crippen LogP contribution in [-0.2, 0) is 14.6 Å². The largest absolute Gasteiger partial charge is 0.409 e. The number of amidine groups is 1. The minimum absolute atomic E-state index is 0.114. The Balaban J connectivity index is 4.22. The van der Waals surface area contributed by atoms with E-state index < -0.39 is 9.84 Å². The molecule has 0 saturated carbocycles. The first kappa shape index (κ1) is 17.1. The molecule has 0 bridgehead atoms. The molecule has 0 aromatic heterocycles. The van der Waals surface area contributed by atoms with Crippen molar-refractivity contribution in [2.75, 3.05) is 44.9 Å². The summed E-state index contributed by atoms with van der Waals surface area (Å²) < 4.78 is 27.8. The Kier molecular flexibility index (Phi) is 8.69. The van der Waals surface area contributed by atoms with Crippen molar-refractivity contribution in [2.24, 2.45) is 10.9 Å². The van der Waals surface area contributed by atoms with Gasteiger partial charge < -0.3 is 15.7 Å². The molecule has 0 aliphatic carbocycles. The van der Waals surface area contributed by atoms with E-state index in [1.54, 1.807) is 14.0 Å². The summed E-state index contributed by atoms with van der Waals surface area (Å²) in [4.78, 5) is 1.93. The highest BCUT2D eigenvalue weighted by Crippen LogP contribution is 1.97. The van der Waals surface area contributed by atoms with Gasteiger partial charge in [0.1, 0.15) is 5.84 Å². The number of ether oxygens (including phenoxy) is 1. The average molecular weight is 281 g/mol. The average Bonchev–Trinajstić information content (AvgIpc) is 2.37. The van der Waals surface area contributed by atoms with Gasteiger partial charge in [-0.2, -0.15) is 0 Å². The Bertz CT molecular complexity index is 343. The van der Waals surface area contributed by atoms with Crippen LogP contribution >= 0.6 is 0 Å². The Morgan fingerprint density at radius 1 is 1.39 bits per heavy atom. The highest BCUT2D eigenvalue weighted by Gasteiger charge is 2.12. The number of sulfone groups is 1. The van der Waals surface area contributed by atoms with Gasteiger partial charge in [0, 0.05) is 38.9 Å². The molecule has 0 atom stereocenters. The number of hydrogen-bond donors (Lipinski definition) is 2. The standard InChI is InChI=1S/C10H23N3O4S/c1-3-18(15,16)9-7-13(6-8-17-2)5-4-10(11)12-14/h14H,3-9H2,1-2H3,(H2,11,12). The van der Waals surface area contributed by atoms with Crippen molar-refractivity contribution in [3.05, 3.63) is 0 Å². The smallest absolute Gasteiger partial charge is 0.151 e. The predicted octanol–water partition coefficient (Wildman–Crippen LogP) is -0.494. The van der Waals surface area contributed by atoms with Crippen molar-refractivity contribution in [1.29, 1.82) is 0 Å². The molecule has 8 heteroatoms. The van der Waals surface area contributed by atoms with Gasteiger partial charge in [0.2, 0.25) is 0 Å². The maximum atomic E-state index is 11.4. The molecule has 0 spiro atoms. The summed E-state index contributed by atoms with van der Waals surface area (Å²) in [5, 5.41) is 11.3. The molecule has 0 heterocycles. The van der Waals surface area contributed by atoms with Crippen molar-refractivity contribution in [3.63, 3.8) is 0 Å². The molecular formula is C10H23N3O4S. The van der Waals surface area contributed by atoms with Gasteiger partial charge in [-0.1, -0.05) is 12.1 Å². The number of nitrogens with two attached hydrogens (primary N) is 1. The summed E-state index contributed by atoms with van der Waals surface area (Å²) in [7, 11) is -1.39. The van der Waals surface area contributed by atoms with Crippen molar-refractivity contribution < 1.29 is 18.4 Å². The van der Waals surface area contributed by atoms with Crippen LogP contribution in [0.1, 0.15) is 13.3 Å². The lowest BCUT2D eigenvalue weighted by Crippen LogP contribution is -2.35. The highest BCUT2D eigenvalue weighted by molar-refractivity contribution is 7.91. The number of hydrogen-bond acceptors (Lipinski definition) is 6. The zero-order chi connectivity index (χ0) is 14.0. The fraction of sp³-hybridized carbons (Fsp3) is 0.900. The van der Waals surface area contributed by atoms with Gasteiger partial charge in [-0.25, -0.2) is 8.42 Å². The first-order valence-corrected chi connectivity index (χ1v) is 7.65. The van der Waals surface area contributed by atoms with Crippen molar-refractivity contribution in [1.82, 2.24) is 4.90 Å². The lowest BCUT2D eigenvalue weighted by atomic mass is 10.3. The topological polar surface area (TPSA) is 105 Å². The third kappa shape index (κ3) is 8.26. The van der Waals surface area contributed by atoms with Gasteiger partial charge in [-0.3, -0.25) is 4.90 Å². The molecular weight excluding hydrogens is 258 g/mol. The summed E-state index contributed by atoms with van der Waals surface area (Å²) >= 11 is 0. The zero-order valence-corrected chi connectivity index (χ0v) is 11.8. The van der Waals surface area contributed by atoms with E-state index in [9.17, 15) is 8.42 Å². The lowest BCUT2D eigenvalue weighted by molar-refractivity contribution is 0.152. The Hall–Kier alpha value is -0.860. The molecule has 0 aliphatic heterocycles. The van der Waals surface area contributed by atoms with Crippen LogP contribution in [0.2, 0.25) is 0 Å². The molecule has 0 aliphatic rings. The fourth-order valence-electron chi connectivity index (χ4n) is 1.29. The summed E-state index contributed by atoms with van der Waals surface area (Å²) in [5.74, 6) is 0.394. The van der Waals surface area contributed by atoms with Gasteiger partial charge in [-0.05, 0) is 0 Å². The van der Waals surface area contributed by atoms with Crippen LogP contribution in [0.5, 0.6) is 0 Å². The van der Waals surface area contributed by atoms with Gasteiger partial charge >= 0.3 is 0 Å². The number of nitrogens with zero attached hydrogens (tertiary/aromatic N) is 2. The Morgan fingerprint density at radius 2 is 2.06 bits per heavy atom. The minimum atomic E-state index is -2.98. The van der Waals surface area contributed by atoms with Gasteiger partial charge in [0.05, 0.1) is 12.4 Å². The lowest BCUT2D eigenvalue weighted by Gasteiger charge is -2.21. The van der Waals surface area contributed by atoms with E-state index in [0.717, 1.165) is 0 Å². The maximum Gasteiger partial charge on any atom is 0.151 e. The van der Waals surface area contributed by atoms with Crippen molar-refractivity contribution >= 4 is 15.7 Å². The summed E-state index contributed by atoms with van der Waals surface area (Å²) in [6.07, 6.45) is 0.395. The van der Waals surface area contributed by atoms with E-state index in [-0.39, 0.29) is 17.3 Å². The second-order valence-electron chi connectivity index (χ2n) is 3.91. The minimum Gasteiger partial charge on any atom is -0.409 e. The van der Waals surface area contributed by atoms with E-state index in [4.69, 9.17) is 15.7 Å². The molecule has 3 N–H and O–H groups in total. The molecule has 0 rings (SSSR count). The summed E-state index contributed by atoms with van der Waals surface area (Å²) in [5.41, 5.74) is 5.38. The highest BCUT2D eigenvalue weighted by atomic mass is 32.2. The van der Waals surface area contributed by atoms with Crippen LogP contribution < -0.4 is 5.73 Å². The number of methoxy groups -OCH3 is 1. The normalized spacial score (nSPS) is 13.2. The van der Waals surface area contributed by atoms with E-state index in [0.29, 0.717) is 32.7 Å². The number of oxime groups is 1. The van der Waals surface area contributed by atoms with Crippen LogP contribution in [0.3, 0.4) is 0 Å². The molecule has 0 amide bonds.